The highest BCUT2D eigenvalue weighted by atomic mass is 35.5. The second-order valence-electron chi connectivity index (χ2n) is 5.85. The summed E-state index contributed by atoms with van der Waals surface area (Å²) in [4.78, 5) is 4.12. The molecule has 0 aliphatic carbocycles. The Hall–Kier alpha value is -1.74. The largest absolute Gasteiger partial charge is 0.379 e. The molecule has 7 nitrogen and oxygen atoms in total. The molecule has 2 aromatic rings. The zero-order valence-electron chi connectivity index (χ0n) is 13.6. The van der Waals surface area contributed by atoms with Crippen LogP contribution in [0.1, 0.15) is 30.6 Å². The van der Waals surface area contributed by atoms with Crippen LogP contribution in [0.2, 0.25) is 5.02 Å². The zero-order valence-corrected chi connectivity index (χ0v) is 15.2. The van der Waals surface area contributed by atoms with E-state index in [9.17, 15) is 13.5 Å². The third-order valence-electron chi connectivity index (χ3n) is 4.08. The summed E-state index contributed by atoms with van der Waals surface area (Å²) in [5.74, 6) is 0.528. The molecule has 25 heavy (non-hydrogen) atoms. The lowest BCUT2D eigenvalue weighted by Gasteiger charge is -2.18. The van der Waals surface area contributed by atoms with E-state index in [2.05, 4.69) is 10.1 Å². The molecule has 0 spiro atoms. The van der Waals surface area contributed by atoms with Crippen molar-refractivity contribution in [1.82, 2.24) is 14.4 Å². The summed E-state index contributed by atoms with van der Waals surface area (Å²) in [5, 5.41) is 16.0. The van der Waals surface area contributed by atoms with E-state index in [0.29, 0.717) is 22.8 Å². The van der Waals surface area contributed by atoms with Gasteiger partial charge in [-0.15, -0.1) is 0 Å². The number of sulfonamides is 1. The van der Waals surface area contributed by atoms with Gasteiger partial charge in [0, 0.05) is 29.8 Å². The quantitative estimate of drug-likeness (QED) is 0.850. The van der Waals surface area contributed by atoms with Crippen LogP contribution in [-0.2, 0) is 22.0 Å². The molecular formula is C16H18ClN3O4S. The Morgan fingerprint density at radius 2 is 2.20 bits per heavy atom. The second-order valence-corrected chi connectivity index (χ2v) is 8.08. The van der Waals surface area contributed by atoms with Crippen molar-refractivity contribution in [1.29, 1.82) is 0 Å². The van der Waals surface area contributed by atoms with Crippen LogP contribution in [0.25, 0.3) is 6.08 Å². The molecule has 1 atom stereocenters. The van der Waals surface area contributed by atoms with E-state index in [-0.39, 0.29) is 25.4 Å². The first-order valence-corrected chi connectivity index (χ1v) is 9.70. The van der Waals surface area contributed by atoms with Gasteiger partial charge in [-0.3, -0.25) is 0 Å². The predicted octanol–water partition coefficient (Wildman–Crippen LogP) is 2.18. The highest BCUT2D eigenvalue weighted by molar-refractivity contribution is 7.92. The van der Waals surface area contributed by atoms with E-state index in [0.717, 1.165) is 5.41 Å². The number of β-amino-alcohol motifs (C(OH)–C–C–N with tert-alkyl or cyclic N) is 1. The van der Waals surface area contributed by atoms with Gasteiger partial charge in [-0.2, -0.15) is 9.29 Å². The number of nitrogens with zero attached hydrogens (tertiary/aromatic N) is 3. The van der Waals surface area contributed by atoms with Gasteiger partial charge in [0.25, 0.3) is 5.89 Å². The summed E-state index contributed by atoms with van der Waals surface area (Å²) < 4.78 is 31.3. The highest BCUT2D eigenvalue weighted by Gasteiger charge is 2.45. The maximum Gasteiger partial charge on any atom is 0.260 e. The molecule has 0 saturated carbocycles. The van der Waals surface area contributed by atoms with Crippen LogP contribution in [0, 0.1) is 0 Å². The maximum absolute atomic E-state index is 12.5. The van der Waals surface area contributed by atoms with Crippen molar-refractivity contribution < 1.29 is 18.0 Å². The normalized spacial score (nSPS) is 22.0. The number of aliphatic hydroxyl groups is 1. The van der Waals surface area contributed by atoms with Crippen LogP contribution in [0.5, 0.6) is 0 Å². The molecular weight excluding hydrogens is 366 g/mol. The van der Waals surface area contributed by atoms with E-state index >= 15 is 0 Å². The predicted molar refractivity (Wildman–Crippen MR) is 93.2 cm³/mol. The number of hydrogen-bond acceptors (Lipinski definition) is 6. The van der Waals surface area contributed by atoms with Crippen molar-refractivity contribution in [3.05, 3.63) is 52.0 Å². The Labute approximate surface area is 151 Å². The number of rotatable bonds is 5. The molecule has 1 aromatic heterocycles. The molecule has 1 fully saturated rings. The number of aryl methyl sites for hydroxylation is 1. The monoisotopic (exact) mass is 383 g/mol. The van der Waals surface area contributed by atoms with Gasteiger partial charge in [-0.1, -0.05) is 41.9 Å². The topological polar surface area (TPSA) is 96.5 Å². The van der Waals surface area contributed by atoms with Gasteiger partial charge in [0.15, 0.2) is 11.4 Å². The molecule has 9 heteroatoms. The van der Waals surface area contributed by atoms with Crippen LogP contribution in [-0.4, -0.2) is 41.1 Å². The fraction of sp³-hybridized carbons (Fsp3) is 0.375. The third kappa shape index (κ3) is 3.77. The summed E-state index contributed by atoms with van der Waals surface area (Å²) in [7, 11) is -3.71. The lowest BCUT2D eigenvalue weighted by Crippen LogP contribution is -2.33. The zero-order chi connectivity index (χ0) is 18.1. The van der Waals surface area contributed by atoms with E-state index in [1.54, 1.807) is 24.3 Å². The van der Waals surface area contributed by atoms with Gasteiger partial charge in [-0.25, -0.2) is 8.42 Å². The number of benzene rings is 1. The molecule has 1 aromatic carbocycles. The summed E-state index contributed by atoms with van der Waals surface area (Å²) >= 11 is 6.03. The van der Waals surface area contributed by atoms with Crippen molar-refractivity contribution in [3.8, 4) is 0 Å². The van der Waals surface area contributed by atoms with E-state index < -0.39 is 15.6 Å². The first-order valence-electron chi connectivity index (χ1n) is 7.82. The molecule has 134 valence electrons. The van der Waals surface area contributed by atoms with Gasteiger partial charge in [0.05, 0.1) is 6.54 Å². The molecule has 1 saturated heterocycles. The Morgan fingerprint density at radius 1 is 1.44 bits per heavy atom. The van der Waals surface area contributed by atoms with Crippen molar-refractivity contribution in [3.63, 3.8) is 0 Å². The molecule has 0 bridgehead atoms. The molecule has 1 aliphatic heterocycles. The second kappa shape index (κ2) is 6.87. The number of halogens is 1. The fourth-order valence-corrected chi connectivity index (χ4v) is 4.02. The summed E-state index contributed by atoms with van der Waals surface area (Å²) in [5.41, 5.74) is -0.863. The lowest BCUT2D eigenvalue weighted by atomic mass is 10.0. The SMILES string of the molecule is CCc1noc(C2(O)CCN(S(=O)(=O)/C=C/c3ccccc3Cl)C2)n1. The Bertz CT molecular complexity index is 896. The first kappa shape index (κ1) is 18.1. The van der Waals surface area contributed by atoms with Gasteiger partial charge < -0.3 is 9.63 Å². The minimum Gasteiger partial charge on any atom is -0.379 e. The van der Waals surface area contributed by atoms with Crippen LogP contribution in [0.4, 0.5) is 0 Å². The number of hydrogen-bond donors (Lipinski definition) is 1. The van der Waals surface area contributed by atoms with E-state index in [4.69, 9.17) is 16.1 Å². The van der Waals surface area contributed by atoms with Crippen LogP contribution >= 0.6 is 11.6 Å². The third-order valence-corrected chi connectivity index (χ3v) is 5.94. The van der Waals surface area contributed by atoms with Crippen molar-refractivity contribution >= 4 is 27.7 Å². The summed E-state index contributed by atoms with van der Waals surface area (Å²) in [6, 6.07) is 6.94. The first-order chi connectivity index (χ1) is 11.8. The summed E-state index contributed by atoms with van der Waals surface area (Å²) in [6.45, 7) is 1.90. The number of aromatic nitrogens is 2. The fourth-order valence-electron chi connectivity index (χ4n) is 2.59. The van der Waals surface area contributed by atoms with Crippen molar-refractivity contribution in [2.75, 3.05) is 13.1 Å². The molecule has 1 aliphatic rings. The molecule has 1 unspecified atom stereocenters. The van der Waals surface area contributed by atoms with E-state index in [1.807, 2.05) is 6.92 Å². The van der Waals surface area contributed by atoms with Gasteiger partial charge in [0.1, 0.15) is 0 Å². The molecule has 0 amide bonds. The standard InChI is InChI=1S/C16H18ClN3O4S/c1-2-14-18-15(24-19-14)16(21)8-9-20(11-16)25(22,23)10-7-12-5-3-4-6-13(12)17/h3-7,10,21H,2,8-9,11H2,1H3/b10-7+. The van der Waals surface area contributed by atoms with Crippen LogP contribution in [0.3, 0.4) is 0 Å². The highest BCUT2D eigenvalue weighted by Crippen LogP contribution is 2.33. The molecule has 0 radical (unpaired) electrons. The molecule has 1 N–H and O–H groups in total. The minimum atomic E-state index is -3.71. The van der Waals surface area contributed by atoms with E-state index in [1.165, 1.54) is 10.4 Å². The Kier molecular flexibility index (Phi) is 4.97. The maximum atomic E-state index is 12.5. The Balaban J connectivity index is 1.77. The van der Waals surface area contributed by atoms with Crippen molar-refractivity contribution in [2.45, 2.75) is 25.4 Å². The average Bonchev–Trinajstić information content (AvgIpc) is 3.22. The van der Waals surface area contributed by atoms with Crippen molar-refractivity contribution in [2.24, 2.45) is 0 Å². The smallest absolute Gasteiger partial charge is 0.260 e. The molecule has 2 heterocycles. The Morgan fingerprint density at radius 3 is 2.88 bits per heavy atom. The van der Waals surface area contributed by atoms with Crippen LogP contribution < -0.4 is 0 Å². The van der Waals surface area contributed by atoms with Gasteiger partial charge in [-0.05, 0) is 17.7 Å². The molecule has 3 rings (SSSR count). The van der Waals surface area contributed by atoms with Gasteiger partial charge in [0.2, 0.25) is 10.0 Å². The minimum absolute atomic E-state index is 0.0529. The van der Waals surface area contributed by atoms with Crippen LogP contribution in [0.15, 0.2) is 34.2 Å². The van der Waals surface area contributed by atoms with Gasteiger partial charge >= 0.3 is 0 Å². The lowest BCUT2D eigenvalue weighted by molar-refractivity contribution is 0.0195. The summed E-state index contributed by atoms with van der Waals surface area (Å²) in [6.07, 6.45) is 2.20. The average molecular weight is 384 g/mol.